The maximum Gasteiger partial charge on any atom is 0.223 e. The molecule has 0 radical (unpaired) electrons. The lowest BCUT2D eigenvalue weighted by atomic mass is 9.94. The molecular weight excluding hydrogens is 324 g/mol. The van der Waals surface area contributed by atoms with E-state index in [9.17, 15) is 4.79 Å². The van der Waals surface area contributed by atoms with E-state index in [1.165, 1.54) is 5.56 Å². The van der Waals surface area contributed by atoms with Crippen molar-refractivity contribution in [3.63, 3.8) is 0 Å². The van der Waals surface area contributed by atoms with Crippen LogP contribution in [0.15, 0.2) is 59.6 Å². The second-order valence-electron chi connectivity index (χ2n) is 6.73. The second kappa shape index (κ2) is 8.04. The number of carbonyl (C=O) groups excluding carboxylic acids is 1. The fraction of sp³-hybridized carbons (Fsp3) is 0.333. The molecule has 2 aromatic carbocycles. The second-order valence-corrected chi connectivity index (χ2v) is 6.73. The molecule has 136 valence electrons. The van der Waals surface area contributed by atoms with Crippen LogP contribution >= 0.6 is 0 Å². The summed E-state index contributed by atoms with van der Waals surface area (Å²) in [6.07, 6.45) is 1.47. The first-order valence-electron chi connectivity index (χ1n) is 9.05. The van der Waals surface area contributed by atoms with Crippen LogP contribution in [-0.4, -0.2) is 30.4 Å². The first kappa shape index (κ1) is 18.0. The quantitative estimate of drug-likeness (QED) is 0.643. The minimum atomic E-state index is 0.0451. The molecule has 0 aliphatic carbocycles. The number of guanidine groups is 1. The molecule has 2 atom stereocenters. The average Bonchev–Trinajstić information content (AvgIpc) is 2.95. The van der Waals surface area contributed by atoms with E-state index in [-0.39, 0.29) is 17.9 Å². The molecule has 1 saturated heterocycles. The number of likely N-dealkylation sites (tertiary alicyclic amines) is 1. The van der Waals surface area contributed by atoms with E-state index in [0.717, 1.165) is 17.7 Å². The van der Waals surface area contributed by atoms with Crippen LogP contribution in [0.25, 0.3) is 0 Å². The predicted octanol–water partition coefficient (Wildman–Crippen LogP) is 3.20. The average molecular weight is 350 g/mol. The molecule has 0 aromatic heterocycles. The molecule has 1 amide bonds. The summed E-state index contributed by atoms with van der Waals surface area (Å²) in [6.45, 7) is 2.63. The Hall–Kier alpha value is -2.82. The summed E-state index contributed by atoms with van der Waals surface area (Å²) in [4.78, 5) is 18.5. The lowest BCUT2D eigenvalue weighted by Gasteiger charge is -2.24. The van der Waals surface area contributed by atoms with Crippen molar-refractivity contribution >= 4 is 17.6 Å². The molecule has 2 unspecified atom stereocenters. The third-order valence-corrected chi connectivity index (χ3v) is 4.94. The van der Waals surface area contributed by atoms with Crippen LogP contribution < -0.4 is 11.1 Å². The topological polar surface area (TPSA) is 70.7 Å². The van der Waals surface area contributed by atoms with Crippen molar-refractivity contribution in [1.82, 2.24) is 4.90 Å². The number of hydrogen-bond donors (Lipinski definition) is 2. The van der Waals surface area contributed by atoms with Gasteiger partial charge in [-0.3, -0.25) is 9.79 Å². The van der Waals surface area contributed by atoms with Crippen LogP contribution in [0.5, 0.6) is 0 Å². The van der Waals surface area contributed by atoms with E-state index in [0.29, 0.717) is 18.9 Å². The smallest absolute Gasteiger partial charge is 0.223 e. The zero-order valence-electron chi connectivity index (χ0n) is 15.4. The Balaban J connectivity index is 1.70. The van der Waals surface area contributed by atoms with E-state index in [2.05, 4.69) is 41.5 Å². The van der Waals surface area contributed by atoms with Crippen LogP contribution in [0, 0.1) is 5.92 Å². The van der Waals surface area contributed by atoms with Gasteiger partial charge in [0.15, 0.2) is 5.96 Å². The molecule has 5 nitrogen and oxygen atoms in total. The van der Waals surface area contributed by atoms with Gasteiger partial charge >= 0.3 is 0 Å². The number of aliphatic imine (C=N–C) groups is 1. The van der Waals surface area contributed by atoms with Gasteiger partial charge in [0.1, 0.15) is 0 Å². The van der Waals surface area contributed by atoms with Gasteiger partial charge in [0, 0.05) is 31.6 Å². The SMILES string of the molecule is CCc1cccc(NC(N)=NCC2CC(=O)N(C)C2c2ccccc2)c1. The highest BCUT2D eigenvalue weighted by atomic mass is 16.2. The highest BCUT2D eigenvalue weighted by molar-refractivity contribution is 5.92. The van der Waals surface area contributed by atoms with Crippen LogP contribution in [0.3, 0.4) is 0 Å². The van der Waals surface area contributed by atoms with Gasteiger partial charge < -0.3 is 16.0 Å². The van der Waals surface area contributed by atoms with Gasteiger partial charge in [0.2, 0.25) is 5.91 Å². The lowest BCUT2D eigenvalue weighted by molar-refractivity contribution is -0.127. The normalized spacial score (nSPS) is 20.5. The molecule has 3 N–H and O–H groups in total. The molecule has 1 aliphatic heterocycles. The number of anilines is 1. The Kier molecular flexibility index (Phi) is 5.56. The van der Waals surface area contributed by atoms with Crippen molar-refractivity contribution in [2.75, 3.05) is 18.9 Å². The number of carbonyl (C=O) groups is 1. The summed E-state index contributed by atoms with van der Waals surface area (Å²) in [5.74, 6) is 0.658. The van der Waals surface area contributed by atoms with E-state index in [1.54, 1.807) is 0 Å². The molecular formula is C21H26N4O. The number of nitrogens with zero attached hydrogens (tertiary/aromatic N) is 2. The number of nitrogens with two attached hydrogens (primary N) is 1. The first-order chi connectivity index (χ1) is 12.6. The molecule has 5 heteroatoms. The minimum absolute atomic E-state index is 0.0451. The molecule has 0 spiro atoms. The monoisotopic (exact) mass is 350 g/mol. The van der Waals surface area contributed by atoms with Crippen LogP contribution in [0.1, 0.15) is 30.5 Å². The summed E-state index contributed by atoms with van der Waals surface area (Å²) in [5.41, 5.74) is 9.39. The maximum atomic E-state index is 12.2. The van der Waals surface area contributed by atoms with Gasteiger partial charge in [-0.05, 0) is 29.7 Å². The molecule has 0 saturated carbocycles. The molecule has 1 fully saturated rings. The van der Waals surface area contributed by atoms with Crippen molar-refractivity contribution in [1.29, 1.82) is 0 Å². The number of hydrogen-bond acceptors (Lipinski definition) is 2. The number of benzene rings is 2. The van der Waals surface area contributed by atoms with Crippen molar-refractivity contribution in [3.8, 4) is 0 Å². The van der Waals surface area contributed by atoms with E-state index in [1.807, 2.05) is 42.3 Å². The highest BCUT2D eigenvalue weighted by Crippen LogP contribution is 2.36. The van der Waals surface area contributed by atoms with Gasteiger partial charge in [-0.15, -0.1) is 0 Å². The van der Waals surface area contributed by atoms with Crippen molar-refractivity contribution in [2.45, 2.75) is 25.8 Å². The minimum Gasteiger partial charge on any atom is -0.370 e. The predicted molar refractivity (Wildman–Crippen MR) is 106 cm³/mol. The summed E-state index contributed by atoms with van der Waals surface area (Å²) < 4.78 is 0. The molecule has 2 aromatic rings. The Labute approximate surface area is 154 Å². The van der Waals surface area contributed by atoms with Crippen LogP contribution in [0.2, 0.25) is 0 Å². The number of aryl methyl sites for hydroxylation is 1. The summed E-state index contributed by atoms with van der Waals surface area (Å²) >= 11 is 0. The Morgan fingerprint density at radius 1 is 1.23 bits per heavy atom. The molecule has 0 bridgehead atoms. The van der Waals surface area contributed by atoms with Gasteiger partial charge in [-0.2, -0.15) is 0 Å². The van der Waals surface area contributed by atoms with Gasteiger partial charge in [0.25, 0.3) is 0 Å². The van der Waals surface area contributed by atoms with Crippen molar-refractivity contribution in [2.24, 2.45) is 16.6 Å². The Morgan fingerprint density at radius 2 is 2.00 bits per heavy atom. The summed E-state index contributed by atoms with van der Waals surface area (Å²) in [7, 11) is 1.86. The Morgan fingerprint density at radius 3 is 2.73 bits per heavy atom. The molecule has 1 heterocycles. The first-order valence-corrected chi connectivity index (χ1v) is 9.05. The van der Waals surface area contributed by atoms with Crippen LogP contribution in [0.4, 0.5) is 5.69 Å². The lowest BCUT2D eigenvalue weighted by Crippen LogP contribution is -2.27. The van der Waals surface area contributed by atoms with E-state index >= 15 is 0 Å². The van der Waals surface area contributed by atoms with E-state index in [4.69, 9.17) is 5.73 Å². The van der Waals surface area contributed by atoms with Gasteiger partial charge in [-0.25, -0.2) is 0 Å². The summed E-state index contributed by atoms with van der Waals surface area (Å²) in [5, 5.41) is 3.15. The molecule has 26 heavy (non-hydrogen) atoms. The maximum absolute atomic E-state index is 12.2. The van der Waals surface area contributed by atoms with Crippen LogP contribution in [-0.2, 0) is 11.2 Å². The van der Waals surface area contributed by atoms with Crippen molar-refractivity contribution in [3.05, 3.63) is 65.7 Å². The Bertz CT molecular complexity index is 788. The summed E-state index contributed by atoms with van der Waals surface area (Å²) in [6, 6.07) is 18.3. The zero-order chi connectivity index (χ0) is 18.5. The number of nitrogens with one attached hydrogen (secondary N) is 1. The van der Waals surface area contributed by atoms with Gasteiger partial charge in [0.05, 0.1) is 6.04 Å². The molecule has 1 aliphatic rings. The largest absolute Gasteiger partial charge is 0.370 e. The van der Waals surface area contributed by atoms with E-state index < -0.39 is 0 Å². The third-order valence-electron chi connectivity index (χ3n) is 4.94. The number of amides is 1. The van der Waals surface area contributed by atoms with Gasteiger partial charge in [-0.1, -0.05) is 49.4 Å². The molecule has 3 rings (SSSR count). The highest BCUT2D eigenvalue weighted by Gasteiger charge is 2.38. The zero-order valence-corrected chi connectivity index (χ0v) is 15.4. The number of rotatable bonds is 5. The van der Waals surface area contributed by atoms with Crippen molar-refractivity contribution < 1.29 is 4.79 Å². The third kappa shape index (κ3) is 4.04. The fourth-order valence-electron chi connectivity index (χ4n) is 3.53. The fourth-order valence-corrected chi connectivity index (χ4v) is 3.53. The standard InChI is InChI=1S/C21H26N4O/c1-3-15-8-7-11-18(12-15)24-21(22)23-14-17-13-19(26)25(2)20(17)16-9-5-4-6-10-16/h4-12,17,20H,3,13-14H2,1-2H3,(H3,22,23,24).